The summed E-state index contributed by atoms with van der Waals surface area (Å²) in [6, 6.07) is 55.6. The van der Waals surface area contributed by atoms with Gasteiger partial charge in [0, 0.05) is 52.6 Å². The third kappa shape index (κ3) is 4.74. The normalized spacial score (nSPS) is 11.6. The molecule has 0 aliphatic heterocycles. The molecule has 0 bridgehead atoms. The highest BCUT2D eigenvalue weighted by molar-refractivity contribution is 7.23. The smallest absolute Gasteiger partial charge is 0.0596 e. The van der Waals surface area contributed by atoms with Gasteiger partial charge in [-0.25, -0.2) is 0 Å². The van der Waals surface area contributed by atoms with Crippen molar-refractivity contribution in [1.82, 2.24) is 4.57 Å². The number of nitrogens with zero attached hydrogens (tertiary/aromatic N) is 1. The molecule has 0 fully saturated rings. The van der Waals surface area contributed by atoms with Crippen molar-refractivity contribution in [1.29, 1.82) is 0 Å². The van der Waals surface area contributed by atoms with Crippen LogP contribution in [0.1, 0.15) is 5.56 Å². The number of fused-ring (bicyclic) bond motifs is 3. The maximum absolute atomic E-state index is 2.52. The lowest BCUT2D eigenvalue weighted by Crippen LogP contribution is -2.01. The van der Waals surface area contributed by atoms with Crippen LogP contribution in [0.4, 0.5) is 0 Å². The van der Waals surface area contributed by atoms with Crippen LogP contribution in [0.2, 0.25) is 0 Å². The highest BCUT2D eigenvalue weighted by Crippen LogP contribution is 2.48. The molecule has 0 saturated heterocycles. The first-order valence-electron chi connectivity index (χ1n) is 15.1. The molecule has 0 unspecified atom stereocenters. The zero-order valence-corrected chi connectivity index (χ0v) is 26.8. The topological polar surface area (TPSA) is 4.93 Å². The Kier molecular flexibility index (Phi) is 6.52. The van der Waals surface area contributed by atoms with Crippen LogP contribution in [0, 0.1) is 0 Å². The molecule has 0 N–H and O–H groups in total. The van der Waals surface area contributed by atoms with Gasteiger partial charge in [-0.1, -0.05) is 103 Å². The third-order valence-electron chi connectivity index (χ3n) is 8.55. The molecule has 45 heavy (non-hydrogen) atoms. The molecule has 0 radical (unpaired) electrons. The maximum Gasteiger partial charge on any atom is 0.0596 e. The molecular formula is C41H27NS3. The molecule has 0 atom stereocenters. The molecule has 9 rings (SSSR count). The van der Waals surface area contributed by atoms with Gasteiger partial charge in [-0.2, -0.15) is 0 Å². The highest BCUT2D eigenvalue weighted by Gasteiger charge is 2.22. The minimum absolute atomic E-state index is 0.812. The van der Waals surface area contributed by atoms with Crippen LogP contribution in [-0.2, 0) is 6.54 Å². The van der Waals surface area contributed by atoms with Gasteiger partial charge in [-0.15, -0.1) is 34.0 Å². The SMILES string of the molecule is c1ccc(Cn2c(-c3ccc(-c4ccccc4)s3)cc3c(-c4cc5ccccc5s4)c(-c4cc5ccccc5s4)ccc32)cc1. The van der Waals surface area contributed by atoms with Crippen molar-refractivity contribution >= 4 is 65.1 Å². The fourth-order valence-electron chi connectivity index (χ4n) is 6.40. The zero-order valence-electron chi connectivity index (χ0n) is 24.3. The number of rotatable bonds is 6. The van der Waals surface area contributed by atoms with E-state index in [1.807, 2.05) is 34.0 Å². The van der Waals surface area contributed by atoms with Gasteiger partial charge in [0.1, 0.15) is 0 Å². The van der Waals surface area contributed by atoms with Crippen LogP contribution in [0.25, 0.3) is 73.0 Å². The number of hydrogen-bond acceptors (Lipinski definition) is 3. The van der Waals surface area contributed by atoms with E-state index in [-0.39, 0.29) is 0 Å². The van der Waals surface area contributed by atoms with E-state index < -0.39 is 0 Å². The molecule has 0 aliphatic carbocycles. The Hall–Kier alpha value is -4.74. The summed E-state index contributed by atoms with van der Waals surface area (Å²) in [5.41, 5.74) is 7.71. The van der Waals surface area contributed by atoms with Crippen molar-refractivity contribution in [3.8, 4) is 41.9 Å². The van der Waals surface area contributed by atoms with Gasteiger partial charge in [-0.3, -0.25) is 0 Å². The molecule has 4 aromatic heterocycles. The van der Waals surface area contributed by atoms with Crippen LogP contribution >= 0.6 is 34.0 Å². The summed E-state index contributed by atoms with van der Waals surface area (Å²) in [6.07, 6.45) is 0. The number of thiophene rings is 3. The van der Waals surface area contributed by atoms with Crippen LogP contribution < -0.4 is 0 Å². The van der Waals surface area contributed by atoms with Crippen LogP contribution in [0.5, 0.6) is 0 Å². The number of benzene rings is 5. The first kappa shape index (κ1) is 26.6. The first-order chi connectivity index (χ1) is 22.3. The van der Waals surface area contributed by atoms with E-state index in [1.54, 1.807) is 0 Å². The molecular weight excluding hydrogens is 603 g/mol. The van der Waals surface area contributed by atoms with Gasteiger partial charge in [0.05, 0.1) is 10.6 Å². The Bertz CT molecular complexity index is 2390. The van der Waals surface area contributed by atoms with Gasteiger partial charge < -0.3 is 4.57 Å². The average Bonchev–Trinajstić information content (AvgIpc) is 3.89. The lowest BCUT2D eigenvalue weighted by molar-refractivity contribution is 0.846. The number of aromatic nitrogens is 1. The Morgan fingerprint density at radius 1 is 0.467 bits per heavy atom. The van der Waals surface area contributed by atoms with E-state index in [2.05, 4.69) is 156 Å². The summed E-state index contributed by atoms with van der Waals surface area (Å²) in [4.78, 5) is 5.20. The van der Waals surface area contributed by atoms with Gasteiger partial charge in [0.2, 0.25) is 0 Å². The van der Waals surface area contributed by atoms with Crippen molar-refractivity contribution in [3.05, 3.63) is 157 Å². The molecule has 4 heteroatoms. The van der Waals surface area contributed by atoms with Crippen molar-refractivity contribution in [3.63, 3.8) is 0 Å². The molecule has 9 aromatic rings. The van der Waals surface area contributed by atoms with Crippen molar-refractivity contribution in [2.75, 3.05) is 0 Å². The lowest BCUT2D eigenvalue weighted by atomic mass is 9.99. The molecule has 5 aromatic carbocycles. The van der Waals surface area contributed by atoms with Crippen LogP contribution in [0.15, 0.2) is 152 Å². The van der Waals surface area contributed by atoms with Crippen molar-refractivity contribution in [2.24, 2.45) is 0 Å². The summed E-state index contributed by atoms with van der Waals surface area (Å²) < 4.78 is 5.17. The second-order valence-corrected chi connectivity index (χ2v) is 14.6. The van der Waals surface area contributed by atoms with E-state index in [4.69, 9.17) is 0 Å². The van der Waals surface area contributed by atoms with E-state index in [0.717, 1.165) is 6.54 Å². The summed E-state index contributed by atoms with van der Waals surface area (Å²) in [6.45, 7) is 0.812. The Labute approximate surface area is 273 Å². The molecule has 0 spiro atoms. The van der Waals surface area contributed by atoms with Gasteiger partial charge in [-0.05, 0) is 70.4 Å². The van der Waals surface area contributed by atoms with Crippen LogP contribution in [0.3, 0.4) is 0 Å². The summed E-state index contributed by atoms with van der Waals surface area (Å²) in [5.74, 6) is 0. The lowest BCUT2D eigenvalue weighted by Gasteiger charge is -2.12. The largest absolute Gasteiger partial charge is 0.335 e. The van der Waals surface area contributed by atoms with E-state index in [1.165, 1.54) is 78.5 Å². The predicted molar refractivity (Wildman–Crippen MR) is 198 cm³/mol. The standard InChI is InChI=1S/C41H27NS3/c1-3-11-27(12-4-1)26-42-33-20-19-31(39-23-29-15-7-9-17-35(29)44-39)41(40-24-30-16-8-10-18-36(30)45-40)32(33)25-34(42)38-22-21-37(43-38)28-13-5-2-6-14-28/h1-25H,26H2. The fraction of sp³-hybridized carbons (Fsp3) is 0.0244. The Balaban J connectivity index is 1.32. The molecule has 0 saturated carbocycles. The first-order valence-corrected chi connectivity index (χ1v) is 17.6. The van der Waals surface area contributed by atoms with Crippen molar-refractivity contribution in [2.45, 2.75) is 6.54 Å². The van der Waals surface area contributed by atoms with Crippen molar-refractivity contribution < 1.29 is 0 Å². The van der Waals surface area contributed by atoms with Gasteiger partial charge in [0.25, 0.3) is 0 Å². The Morgan fingerprint density at radius 2 is 1.09 bits per heavy atom. The summed E-state index contributed by atoms with van der Waals surface area (Å²) in [5, 5.41) is 3.90. The van der Waals surface area contributed by atoms with E-state index >= 15 is 0 Å². The predicted octanol–water partition coefficient (Wildman–Crippen LogP) is 12.8. The van der Waals surface area contributed by atoms with E-state index in [9.17, 15) is 0 Å². The maximum atomic E-state index is 2.52. The molecule has 4 heterocycles. The third-order valence-corrected chi connectivity index (χ3v) is 12.0. The Morgan fingerprint density at radius 3 is 1.82 bits per heavy atom. The fourth-order valence-corrected chi connectivity index (χ4v) is 9.67. The average molecular weight is 630 g/mol. The van der Waals surface area contributed by atoms with Crippen LogP contribution in [-0.4, -0.2) is 4.57 Å². The second kappa shape index (κ2) is 11.0. The summed E-state index contributed by atoms with van der Waals surface area (Å²) >= 11 is 5.65. The van der Waals surface area contributed by atoms with Gasteiger partial charge >= 0.3 is 0 Å². The second-order valence-electron chi connectivity index (χ2n) is 11.3. The number of hydrogen-bond donors (Lipinski definition) is 0. The molecule has 214 valence electrons. The molecule has 0 amide bonds. The molecule has 0 aliphatic rings. The quantitative estimate of drug-likeness (QED) is 0.172. The highest BCUT2D eigenvalue weighted by atomic mass is 32.1. The van der Waals surface area contributed by atoms with E-state index in [0.29, 0.717) is 0 Å². The minimum Gasteiger partial charge on any atom is -0.335 e. The zero-order chi connectivity index (χ0) is 29.7. The van der Waals surface area contributed by atoms with Gasteiger partial charge in [0.15, 0.2) is 0 Å². The monoisotopic (exact) mass is 629 g/mol. The minimum atomic E-state index is 0.812. The molecule has 1 nitrogen and oxygen atoms in total. The summed E-state index contributed by atoms with van der Waals surface area (Å²) in [7, 11) is 0.